The van der Waals surface area contributed by atoms with Gasteiger partial charge in [0, 0.05) is 17.7 Å². The molecular formula is C22H23NO5. The fourth-order valence-corrected chi connectivity index (χ4v) is 2.65. The Kier molecular flexibility index (Phi) is 6.98. The molecule has 0 saturated carbocycles. The van der Waals surface area contributed by atoms with E-state index in [2.05, 4.69) is 4.98 Å². The molecule has 6 nitrogen and oxygen atoms in total. The number of ether oxygens (including phenoxy) is 2. The van der Waals surface area contributed by atoms with E-state index in [0.29, 0.717) is 5.39 Å². The molecule has 0 atom stereocenters. The minimum Gasteiger partial charge on any atom is -0.496 e. The number of aromatic nitrogens is 1. The third-order valence-electron chi connectivity index (χ3n) is 4.14. The molecule has 2 N–H and O–H groups in total. The van der Waals surface area contributed by atoms with Crippen molar-refractivity contribution in [3.05, 3.63) is 75.7 Å². The van der Waals surface area contributed by atoms with Gasteiger partial charge >= 0.3 is 5.97 Å². The van der Waals surface area contributed by atoms with Crippen molar-refractivity contribution in [1.29, 1.82) is 0 Å². The summed E-state index contributed by atoms with van der Waals surface area (Å²) in [6, 6.07) is 11.1. The van der Waals surface area contributed by atoms with E-state index >= 15 is 0 Å². The smallest absolute Gasteiger partial charge is 0.328 e. The number of hydrogen-bond acceptors (Lipinski definition) is 4. The molecule has 28 heavy (non-hydrogen) atoms. The van der Waals surface area contributed by atoms with Crippen LogP contribution in [0.4, 0.5) is 0 Å². The average molecular weight is 381 g/mol. The minimum atomic E-state index is -0.954. The monoisotopic (exact) mass is 381 g/mol. The van der Waals surface area contributed by atoms with Crippen molar-refractivity contribution >= 4 is 22.8 Å². The largest absolute Gasteiger partial charge is 0.496 e. The molecule has 1 heterocycles. The highest BCUT2D eigenvalue weighted by Gasteiger charge is 2.03. The molecule has 146 valence electrons. The van der Waals surface area contributed by atoms with Gasteiger partial charge in [0.25, 0.3) is 5.56 Å². The molecule has 0 unspecified atom stereocenters. The van der Waals surface area contributed by atoms with Crippen molar-refractivity contribution < 1.29 is 19.4 Å². The Morgan fingerprint density at radius 1 is 1.00 bits per heavy atom. The number of methoxy groups -OCH3 is 2. The predicted octanol–water partition coefficient (Wildman–Crippen LogP) is 3.95. The van der Waals surface area contributed by atoms with Gasteiger partial charge in [0.1, 0.15) is 11.5 Å². The van der Waals surface area contributed by atoms with Gasteiger partial charge in [0.2, 0.25) is 0 Å². The third-order valence-corrected chi connectivity index (χ3v) is 4.14. The minimum absolute atomic E-state index is 0.0618. The SMILES string of the molecule is COc1cc(C=CC(=O)O)ccc1C.COc1cc2cc[nH]c(=O)c2cc1C. The van der Waals surface area contributed by atoms with E-state index < -0.39 is 5.97 Å². The van der Waals surface area contributed by atoms with Gasteiger partial charge in [-0.1, -0.05) is 12.1 Å². The van der Waals surface area contributed by atoms with Crippen molar-refractivity contribution in [1.82, 2.24) is 4.98 Å². The molecule has 2 aromatic carbocycles. The first-order valence-corrected chi connectivity index (χ1v) is 8.57. The van der Waals surface area contributed by atoms with Crippen molar-refractivity contribution in [2.24, 2.45) is 0 Å². The zero-order chi connectivity index (χ0) is 20.7. The highest BCUT2D eigenvalue weighted by atomic mass is 16.5. The summed E-state index contributed by atoms with van der Waals surface area (Å²) in [6.07, 6.45) is 4.27. The summed E-state index contributed by atoms with van der Waals surface area (Å²) < 4.78 is 10.3. The molecule has 3 rings (SSSR count). The zero-order valence-electron chi connectivity index (χ0n) is 16.3. The normalized spacial score (nSPS) is 10.4. The summed E-state index contributed by atoms with van der Waals surface area (Å²) in [5, 5.41) is 10.0. The standard InChI is InChI=1S/C11H11NO2.C11H12O3/c1-7-5-9-8(6-10(7)14-2)3-4-12-11(9)13;1-8-3-4-9(5-6-11(12)13)7-10(8)14-2/h3-6H,1-2H3,(H,12,13);3-7H,1-2H3,(H,12,13). The Labute approximate surface area is 163 Å². The molecule has 0 radical (unpaired) electrons. The Hall–Kier alpha value is -3.54. The Morgan fingerprint density at radius 2 is 1.68 bits per heavy atom. The van der Waals surface area contributed by atoms with Gasteiger partial charge in [-0.3, -0.25) is 4.79 Å². The second kappa shape index (κ2) is 9.41. The number of aryl methyl sites for hydroxylation is 2. The lowest BCUT2D eigenvalue weighted by Gasteiger charge is -2.05. The molecular weight excluding hydrogens is 358 g/mol. The molecule has 0 aliphatic carbocycles. The maximum absolute atomic E-state index is 11.4. The molecule has 0 amide bonds. The summed E-state index contributed by atoms with van der Waals surface area (Å²) in [5.74, 6) is 0.616. The number of hydrogen-bond donors (Lipinski definition) is 2. The van der Waals surface area contributed by atoms with Crippen LogP contribution in [0.5, 0.6) is 11.5 Å². The fraction of sp³-hybridized carbons (Fsp3) is 0.182. The van der Waals surface area contributed by atoms with E-state index in [4.69, 9.17) is 14.6 Å². The quantitative estimate of drug-likeness (QED) is 0.668. The highest BCUT2D eigenvalue weighted by molar-refractivity contribution is 5.85. The fourth-order valence-electron chi connectivity index (χ4n) is 2.65. The number of carbonyl (C=O) groups is 1. The van der Waals surface area contributed by atoms with Crippen LogP contribution in [-0.4, -0.2) is 30.3 Å². The van der Waals surface area contributed by atoms with E-state index in [1.165, 1.54) is 6.08 Å². The van der Waals surface area contributed by atoms with Crippen LogP contribution in [0.15, 0.2) is 53.5 Å². The van der Waals surface area contributed by atoms with Crippen molar-refractivity contribution in [2.75, 3.05) is 14.2 Å². The van der Waals surface area contributed by atoms with Crippen LogP contribution >= 0.6 is 0 Å². The lowest BCUT2D eigenvalue weighted by atomic mass is 10.1. The maximum atomic E-state index is 11.4. The van der Waals surface area contributed by atoms with Crippen molar-refractivity contribution in [2.45, 2.75) is 13.8 Å². The van der Waals surface area contributed by atoms with Crippen LogP contribution in [0.25, 0.3) is 16.8 Å². The molecule has 3 aromatic rings. The number of carboxylic acids is 1. The van der Waals surface area contributed by atoms with Crippen LogP contribution in [0, 0.1) is 13.8 Å². The number of nitrogens with one attached hydrogen (secondary N) is 1. The lowest BCUT2D eigenvalue weighted by Crippen LogP contribution is -2.04. The first kappa shape index (κ1) is 20.8. The maximum Gasteiger partial charge on any atom is 0.328 e. The Bertz CT molecular complexity index is 1070. The number of aliphatic carboxylic acids is 1. The Balaban J connectivity index is 0.000000200. The molecule has 0 saturated heterocycles. The van der Waals surface area contributed by atoms with Crippen LogP contribution in [0.1, 0.15) is 16.7 Å². The summed E-state index contributed by atoms with van der Waals surface area (Å²) in [6.45, 7) is 3.86. The highest BCUT2D eigenvalue weighted by Crippen LogP contribution is 2.22. The van der Waals surface area contributed by atoms with E-state index in [1.807, 2.05) is 44.2 Å². The summed E-state index contributed by atoms with van der Waals surface area (Å²) in [7, 11) is 3.22. The second-order valence-corrected chi connectivity index (χ2v) is 6.12. The predicted molar refractivity (Wildman–Crippen MR) is 110 cm³/mol. The van der Waals surface area contributed by atoms with Gasteiger partial charge in [0.15, 0.2) is 0 Å². The average Bonchev–Trinajstić information content (AvgIpc) is 2.68. The molecule has 0 aliphatic heterocycles. The number of pyridine rings is 1. The third kappa shape index (κ3) is 5.23. The molecule has 0 bridgehead atoms. The van der Waals surface area contributed by atoms with Gasteiger partial charge in [-0.05, 0) is 66.3 Å². The molecule has 0 fully saturated rings. The zero-order valence-corrected chi connectivity index (χ0v) is 16.3. The summed E-state index contributed by atoms with van der Waals surface area (Å²) in [4.78, 5) is 24.4. The second-order valence-electron chi connectivity index (χ2n) is 6.12. The van der Waals surface area contributed by atoms with Gasteiger partial charge in [-0.25, -0.2) is 4.79 Å². The van der Waals surface area contributed by atoms with Crippen LogP contribution in [0.3, 0.4) is 0 Å². The molecule has 0 spiro atoms. The first-order chi connectivity index (χ1) is 13.3. The van der Waals surface area contributed by atoms with E-state index in [1.54, 1.807) is 26.5 Å². The van der Waals surface area contributed by atoms with Gasteiger partial charge in [-0.15, -0.1) is 0 Å². The van der Waals surface area contributed by atoms with E-state index in [0.717, 1.165) is 39.7 Å². The van der Waals surface area contributed by atoms with Crippen LogP contribution in [-0.2, 0) is 4.79 Å². The topological polar surface area (TPSA) is 88.6 Å². The molecule has 6 heteroatoms. The first-order valence-electron chi connectivity index (χ1n) is 8.57. The lowest BCUT2D eigenvalue weighted by molar-refractivity contribution is -0.131. The number of rotatable bonds is 4. The number of H-pyrrole nitrogens is 1. The summed E-state index contributed by atoms with van der Waals surface area (Å²) >= 11 is 0. The van der Waals surface area contributed by atoms with E-state index in [9.17, 15) is 9.59 Å². The van der Waals surface area contributed by atoms with Gasteiger partial charge in [0.05, 0.1) is 14.2 Å². The number of aromatic amines is 1. The van der Waals surface area contributed by atoms with Gasteiger partial charge < -0.3 is 19.6 Å². The number of benzene rings is 2. The van der Waals surface area contributed by atoms with Crippen LogP contribution in [0.2, 0.25) is 0 Å². The number of fused-ring (bicyclic) bond motifs is 1. The molecule has 0 aliphatic rings. The van der Waals surface area contributed by atoms with E-state index in [-0.39, 0.29) is 5.56 Å². The summed E-state index contributed by atoms with van der Waals surface area (Å²) in [5.41, 5.74) is 2.75. The van der Waals surface area contributed by atoms with Gasteiger partial charge in [-0.2, -0.15) is 0 Å². The molecule has 1 aromatic heterocycles. The van der Waals surface area contributed by atoms with Crippen molar-refractivity contribution in [3.63, 3.8) is 0 Å². The van der Waals surface area contributed by atoms with Crippen LogP contribution < -0.4 is 15.0 Å². The number of carboxylic acid groups (broad SMARTS) is 1. The van der Waals surface area contributed by atoms with Crippen molar-refractivity contribution in [3.8, 4) is 11.5 Å². The Morgan fingerprint density at radius 3 is 2.32 bits per heavy atom.